The van der Waals surface area contributed by atoms with Gasteiger partial charge in [0, 0.05) is 18.9 Å². The molecule has 2 atom stereocenters. The largest absolute Gasteiger partial charge is 0.316 e. The van der Waals surface area contributed by atoms with Crippen molar-refractivity contribution in [1.82, 2.24) is 10.2 Å². The highest BCUT2D eigenvalue weighted by atomic mass is 16.2. The Hall–Kier alpha value is -0.900. The first-order chi connectivity index (χ1) is 7.70. The number of piperidine rings is 1. The van der Waals surface area contributed by atoms with Gasteiger partial charge in [0.05, 0.1) is 0 Å². The minimum absolute atomic E-state index is 0.0428. The van der Waals surface area contributed by atoms with Crippen LogP contribution in [0, 0.1) is 5.92 Å². The SMILES string of the molecule is CC1CNCCC1N1C(=O)CCCCC1=O. The van der Waals surface area contributed by atoms with Crippen molar-refractivity contribution in [1.29, 1.82) is 0 Å². The van der Waals surface area contributed by atoms with Crippen LogP contribution in [-0.2, 0) is 9.59 Å². The summed E-state index contributed by atoms with van der Waals surface area (Å²) in [5.41, 5.74) is 0. The van der Waals surface area contributed by atoms with E-state index in [2.05, 4.69) is 12.2 Å². The molecule has 2 amide bonds. The van der Waals surface area contributed by atoms with Gasteiger partial charge in [0.25, 0.3) is 0 Å². The third-order valence-corrected chi connectivity index (χ3v) is 3.64. The Balaban J connectivity index is 2.14. The van der Waals surface area contributed by atoms with Gasteiger partial charge in [0.1, 0.15) is 0 Å². The van der Waals surface area contributed by atoms with E-state index in [0.717, 1.165) is 32.4 Å². The Labute approximate surface area is 96.4 Å². The van der Waals surface area contributed by atoms with Crippen LogP contribution in [0.1, 0.15) is 39.0 Å². The van der Waals surface area contributed by atoms with Crippen molar-refractivity contribution in [3.8, 4) is 0 Å². The number of carbonyl (C=O) groups excluding carboxylic acids is 2. The fraction of sp³-hybridized carbons (Fsp3) is 0.833. The summed E-state index contributed by atoms with van der Waals surface area (Å²) in [5, 5.41) is 3.30. The summed E-state index contributed by atoms with van der Waals surface area (Å²) in [6, 6.07) is 0.124. The predicted octanol–water partition coefficient (Wildman–Crippen LogP) is 0.914. The number of nitrogens with zero attached hydrogens (tertiary/aromatic N) is 1. The van der Waals surface area contributed by atoms with Crippen LogP contribution in [0.3, 0.4) is 0 Å². The molecule has 0 saturated carbocycles. The number of likely N-dealkylation sites (tertiary alicyclic amines) is 1. The van der Waals surface area contributed by atoms with Crippen molar-refractivity contribution in [2.75, 3.05) is 13.1 Å². The summed E-state index contributed by atoms with van der Waals surface area (Å²) in [4.78, 5) is 25.5. The minimum Gasteiger partial charge on any atom is -0.316 e. The van der Waals surface area contributed by atoms with Gasteiger partial charge in [0.15, 0.2) is 0 Å². The van der Waals surface area contributed by atoms with Crippen LogP contribution < -0.4 is 5.32 Å². The summed E-state index contributed by atoms with van der Waals surface area (Å²) < 4.78 is 0. The molecule has 2 rings (SSSR count). The van der Waals surface area contributed by atoms with Crippen LogP contribution in [-0.4, -0.2) is 35.8 Å². The van der Waals surface area contributed by atoms with E-state index in [1.165, 1.54) is 0 Å². The van der Waals surface area contributed by atoms with Gasteiger partial charge in [-0.3, -0.25) is 14.5 Å². The van der Waals surface area contributed by atoms with Crippen LogP contribution >= 0.6 is 0 Å². The Bertz CT molecular complexity index is 273. The van der Waals surface area contributed by atoms with Gasteiger partial charge in [-0.1, -0.05) is 6.92 Å². The molecule has 1 N–H and O–H groups in total. The molecule has 4 nitrogen and oxygen atoms in total. The molecule has 2 aliphatic heterocycles. The number of rotatable bonds is 1. The summed E-state index contributed by atoms with van der Waals surface area (Å²) in [6.45, 7) is 3.93. The van der Waals surface area contributed by atoms with E-state index in [1.54, 1.807) is 4.90 Å². The lowest BCUT2D eigenvalue weighted by molar-refractivity contribution is -0.148. The summed E-state index contributed by atoms with van der Waals surface area (Å²) in [5.74, 6) is 0.460. The number of nitrogens with one attached hydrogen (secondary N) is 1. The molecule has 0 aliphatic carbocycles. The molecule has 0 radical (unpaired) electrons. The van der Waals surface area contributed by atoms with Gasteiger partial charge in [-0.2, -0.15) is 0 Å². The summed E-state index contributed by atoms with van der Waals surface area (Å²) in [7, 11) is 0. The van der Waals surface area contributed by atoms with E-state index in [0.29, 0.717) is 18.8 Å². The highest BCUT2D eigenvalue weighted by Crippen LogP contribution is 2.23. The monoisotopic (exact) mass is 224 g/mol. The van der Waals surface area contributed by atoms with Gasteiger partial charge < -0.3 is 5.32 Å². The highest BCUT2D eigenvalue weighted by molar-refractivity contribution is 5.96. The zero-order valence-electron chi connectivity index (χ0n) is 9.87. The first kappa shape index (κ1) is 11.6. The molecule has 0 aromatic carbocycles. The Kier molecular flexibility index (Phi) is 3.59. The van der Waals surface area contributed by atoms with E-state index in [-0.39, 0.29) is 17.9 Å². The average molecular weight is 224 g/mol. The molecule has 2 fully saturated rings. The number of amides is 2. The van der Waals surface area contributed by atoms with Crippen molar-refractivity contribution in [3.63, 3.8) is 0 Å². The van der Waals surface area contributed by atoms with Crippen molar-refractivity contribution in [2.45, 2.75) is 45.1 Å². The predicted molar refractivity (Wildman–Crippen MR) is 60.8 cm³/mol. The molecular formula is C12H20N2O2. The second-order valence-corrected chi connectivity index (χ2v) is 4.90. The van der Waals surface area contributed by atoms with E-state index in [9.17, 15) is 9.59 Å². The van der Waals surface area contributed by atoms with Gasteiger partial charge in [-0.05, 0) is 38.3 Å². The minimum atomic E-state index is 0.0428. The molecule has 2 unspecified atom stereocenters. The Morgan fingerprint density at radius 2 is 1.81 bits per heavy atom. The molecule has 0 spiro atoms. The summed E-state index contributed by atoms with van der Waals surface area (Å²) in [6.07, 6.45) is 3.71. The molecule has 16 heavy (non-hydrogen) atoms. The third kappa shape index (κ3) is 2.26. The quantitative estimate of drug-likeness (QED) is 0.674. The normalized spacial score (nSPS) is 32.7. The zero-order chi connectivity index (χ0) is 11.5. The van der Waals surface area contributed by atoms with Crippen LogP contribution in [0.5, 0.6) is 0 Å². The van der Waals surface area contributed by atoms with Crippen molar-refractivity contribution in [3.05, 3.63) is 0 Å². The van der Waals surface area contributed by atoms with Gasteiger partial charge in [-0.15, -0.1) is 0 Å². The lowest BCUT2D eigenvalue weighted by atomic mass is 9.93. The average Bonchev–Trinajstić information content (AvgIpc) is 2.42. The lowest BCUT2D eigenvalue weighted by Crippen LogP contribution is -2.52. The molecule has 0 aromatic rings. The van der Waals surface area contributed by atoms with E-state index in [4.69, 9.17) is 0 Å². The standard InChI is InChI=1S/C12H20N2O2/c1-9-8-13-7-6-10(9)14-11(15)4-2-3-5-12(14)16/h9-10,13H,2-8H2,1H3. The topological polar surface area (TPSA) is 49.4 Å². The van der Waals surface area contributed by atoms with Gasteiger partial charge in [0.2, 0.25) is 11.8 Å². The van der Waals surface area contributed by atoms with Crippen LogP contribution in [0.15, 0.2) is 0 Å². The maximum Gasteiger partial charge on any atom is 0.229 e. The van der Waals surface area contributed by atoms with Crippen molar-refractivity contribution in [2.24, 2.45) is 5.92 Å². The number of hydrogen-bond acceptors (Lipinski definition) is 3. The van der Waals surface area contributed by atoms with E-state index < -0.39 is 0 Å². The van der Waals surface area contributed by atoms with Gasteiger partial charge >= 0.3 is 0 Å². The van der Waals surface area contributed by atoms with E-state index in [1.807, 2.05) is 0 Å². The molecule has 4 heteroatoms. The fourth-order valence-electron chi connectivity index (χ4n) is 2.69. The molecule has 90 valence electrons. The molecule has 2 aliphatic rings. The van der Waals surface area contributed by atoms with Crippen LogP contribution in [0.4, 0.5) is 0 Å². The highest BCUT2D eigenvalue weighted by Gasteiger charge is 2.35. The van der Waals surface area contributed by atoms with Crippen molar-refractivity contribution < 1.29 is 9.59 Å². The van der Waals surface area contributed by atoms with Crippen LogP contribution in [0.2, 0.25) is 0 Å². The number of carbonyl (C=O) groups is 2. The maximum atomic E-state index is 12.0. The Morgan fingerprint density at radius 3 is 2.38 bits per heavy atom. The fourth-order valence-corrected chi connectivity index (χ4v) is 2.69. The number of imide groups is 1. The van der Waals surface area contributed by atoms with E-state index >= 15 is 0 Å². The lowest BCUT2D eigenvalue weighted by Gasteiger charge is -2.37. The van der Waals surface area contributed by atoms with Crippen molar-refractivity contribution >= 4 is 11.8 Å². The molecule has 0 aromatic heterocycles. The second kappa shape index (κ2) is 4.95. The summed E-state index contributed by atoms with van der Waals surface area (Å²) >= 11 is 0. The maximum absolute atomic E-state index is 12.0. The first-order valence-corrected chi connectivity index (χ1v) is 6.26. The molecular weight excluding hydrogens is 204 g/mol. The second-order valence-electron chi connectivity index (χ2n) is 4.90. The van der Waals surface area contributed by atoms with Crippen LogP contribution in [0.25, 0.3) is 0 Å². The Morgan fingerprint density at radius 1 is 1.19 bits per heavy atom. The number of hydrogen-bond donors (Lipinski definition) is 1. The zero-order valence-corrected chi connectivity index (χ0v) is 9.87. The molecule has 2 heterocycles. The third-order valence-electron chi connectivity index (χ3n) is 3.64. The smallest absolute Gasteiger partial charge is 0.229 e. The first-order valence-electron chi connectivity index (χ1n) is 6.26. The molecule has 2 saturated heterocycles. The van der Waals surface area contributed by atoms with Gasteiger partial charge in [-0.25, -0.2) is 0 Å². The molecule has 0 bridgehead atoms.